The van der Waals surface area contributed by atoms with Gasteiger partial charge in [-0.3, -0.25) is 0 Å². The highest BCUT2D eigenvalue weighted by Crippen LogP contribution is 2.12. The van der Waals surface area contributed by atoms with Crippen LogP contribution in [0.25, 0.3) is 0 Å². The van der Waals surface area contributed by atoms with Gasteiger partial charge in [0, 0.05) is 17.0 Å². The molecule has 0 heterocycles. The van der Waals surface area contributed by atoms with Gasteiger partial charge in [-0.1, -0.05) is 48.6 Å². The molecule has 0 aliphatic rings. The number of aromatic hydroxyl groups is 1. The monoisotopic (exact) mass is 319 g/mol. The maximum absolute atomic E-state index is 9.32. The topological polar surface area (TPSA) is 32.3 Å². The summed E-state index contributed by atoms with van der Waals surface area (Å²) in [6.45, 7) is 5.26. The lowest BCUT2D eigenvalue weighted by Gasteiger charge is -2.20. The molecule has 2 nitrogen and oxygen atoms in total. The number of halogens is 1. The number of phenolic OH excluding ortho intramolecular Hbond substituents is 1. The molecule has 0 bridgehead atoms. The molecular weight excluding hydrogens is 301 g/mol. The molecule has 0 aliphatic heterocycles. The molecule has 1 unspecified atom stereocenters. The number of phenols is 1. The molecule has 1 rings (SSSR count). The third-order valence-electron chi connectivity index (χ3n) is 2.45. The number of hydrogen-bond donors (Lipinski definition) is 2. The fourth-order valence-corrected chi connectivity index (χ4v) is 2.71. The van der Waals surface area contributed by atoms with Crippen molar-refractivity contribution in [2.24, 2.45) is 5.92 Å². The lowest BCUT2D eigenvalue weighted by molar-refractivity contribution is 0.435. The first-order valence-electron chi connectivity index (χ1n) is 5.20. The highest BCUT2D eigenvalue weighted by Gasteiger charge is 2.10. The Morgan fingerprint density at radius 1 is 1.40 bits per heavy atom. The predicted molar refractivity (Wildman–Crippen MR) is 72.5 cm³/mol. The number of alkyl halides is 1. The zero-order valence-corrected chi connectivity index (χ0v) is 11.4. The second-order valence-corrected chi connectivity index (χ2v) is 4.94. The molecule has 1 aromatic rings. The molecule has 1 aromatic carbocycles. The second-order valence-electron chi connectivity index (χ2n) is 4.06. The van der Waals surface area contributed by atoms with Gasteiger partial charge in [0.1, 0.15) is 5.75 Å². The predicted octanol–water partition coefficient (Wildman–Crippen LogP) is 2.94. The Bertz CT molecular complexity index is 301. The number of rotatable bonds is 5. The largest absolute Gasteiger partial charge is 0.508 e. The van der Waals surface area contributed by atoms with E-state index in [1.54, 1.807) is 12.1 Å². The molecule has 0 aromatic heterocycles. The van der Waals surface area contributed by atoms with E-state index in [9.17, 15) is 5.11 Å². The maximum Gasteiger partial charge on any atom is 0.115 e. The van der Waals surface area contributed by atoms with E-state index >= 15 is 0 Å². The molecule has 0 radical (unpaired) electrons. The first-order chi connectivity index (χ1) is 7.13. The first kappa shape index (κ1) is 12.8. The third kappa shape index (κ3) is 4.38. The molecule has 1 atom stereocenters. The van der Waals surface area contributed by atoms with Crippen LogP contribution in [0.3, 0.4) is 0 Å². The molecular formula is C12H18INO. The molecule has 0 saturated heterocycles. The third-order valence-corrected chi connectivity index (χ3v) is 3.40. The standard InChI is InChI=1S/C12H18INO/c1-9(2)12(7-13)14-8-10-4-3-5-11(15)6-10/h3-6,9,12,14-15H,7-8H2,1-2H3. The minimum Gasteiger partial charge on any atom is -0.508 e. The Morgan fingerprint density at radius 2 is 2.13 bits per heavy atom. The summed E-state index contributed by atoms with van der Waals surface area (Å²) in [5.41, 5.74) is 1.13. The van der Waals surface area contributed by atoms with Gasteiger partial charge in [-0.15, -0.1) is 0 Å². The number of benzene rings is 1. The van der Waals surface area contributed by atoms with Crippen molar-refractivity contribution >= 4 is 22.6 Å². The van der Waals surface area contributed by atoms with E-state index in [-0.39, 0.29) is 0 Å². The Kier molecular flexibility index (Phi) is 5.39. The summed E-state index contributed by atoms with van der Waals surface area (Å²) in [5, 5.41) is 12.8. The smallest absolute Gasteiger partial charge is 0.115 e. The Morgan fingerprint density at radius 3 is 2.67 bits per heavy atom. The summed E-state index contributed by atoms with van der Waals surface area (Å²) in [6, 6.07) is 7.94. The summed E-state index contributed by atoms with van der Waals surface area (Å²) in [4.78, 5) is 0. The van der Waals surface area contributed by atoms with Gasteiger partial charge in [-0.05, 0) is 23.6 Å². The molecule has 2 N–H and O–H groups in total. The number of hydrogen-bond acceptors (Lipinski definition) is 2. The van der Waals surface area contributed by atoms with Crippen LogP contribution < -0.4 is 5.32 Å². The molecule has 0 aliphatic carbocycles. The molecule has 0 spiro atoms. The van der Waals surface area contributed by atoms with Crippen LogP contribution in [-0.2, 0) is 6.54 Å². The van der Waals surface area contributed by atoms with E-state index in [2.05, 4.69) is 41.8 Å². The van der Waals surface area contributed by atoms with Crippen molar-refractivity contribution in [2.45, 2.75) is 26.4 Å². The molecule has 15 heavy (non-hydrogen) atoms. The molecule has 0 saturated carbocycles. The van der Waals surface area contributed by atoms with E-state index in [0.717, 1.165) is 16.5 Å². The fourth-order valence-electron chi connectivity index (χ4n) is 1.38. The van der Waals surface area contributed by atoms with Crippen molar-refractivity contribution in [1.82, 2.24) is 5.32 Å². The van der Waals surface area contributed by atoms with Crippen LogP contribution in [0.1, 0.15) is 19.4 Å². The Labute approximate surface area is 105 Å². The highest BCUT2D eigenvalue weighted by molar-refractivity contribution is 14.1. The highest BCUT2D eigenvalue weighted by atomic mass is 127. The van der Waals surface area contributed by atoms with Gasteiger partial charge in [0.25, 0.3) is 0 Å². The average Bonchev–Trinajstić information content (AvgIpc) is 2.18. The fraction of sp³-hybridized carbons (Fsp3) is 0.500. The van der Waals surface area contributed by atoms with Crippen LogP contribution in [0.5, 0.6) is 5.75 Å². The van der Waals surface area contributed by atoms with Crippen LogP contribution in [-0.4, -0.2) is 15.6 Å². The van der Waals surface area contributed by atoms with Crippen molar-refractivity contribution in [2.75, 3.05) is 4.43 Å². The zero-order valence-electron chi connectivity index (χ0n) is 9.20. The van der Waals surface area contributed by atoms with Crippen molar-refractivity contribution in [1.29, 1.82) is 0 Å². The van der Waals surface area contributed by atoms with Crippen LogP contribution in [0.2, 0.25) is 0 Å². The Hall–Kier alpha value is -0.290. The van der Waals surface area contributed by atoms with Crippen LogP contribution in [0, 0.1) is 5.92 Å². The lowest BCUT2D eigenvalue weighted by Crippen LogP contribution is -2.34. The average molecular weight is 319 g/mol. The summed E-state index contributed by atoms with van der Waals surface area (Å²) in [7, 11) is 0. The van der Waals surface area contributed by atoms with Crippen LogP contribution in [0.4, 0.5) is 0 Å². The van der Waals surface area contributed by atoms with Crippen LogP contribution in [0.15, 0.2) is 24.3 Å². The van der Waals surface area contributed by atoms with Gasteiger partial charge in [-0.2, -0.15) is 0 Å². The van der Waals surface area contributed by atoms with Crippen molar-refractivity contribution in [3.8, 4) is 5.75 Å². The molecule has 84 valence electrons. The minimum absolute atomic E-state index is 0.338. The maximum atomic E-state index is 9.32. The number of nitrogens with one attached hydrogen (secondary N) is 1. The van der Waals surface area contributed by atoms with E-state index in [0.29, 0.717) is 17.7 Å². The van der Waals surface area contributed by atoms with Crippen molar-refractivity contribution in [3.63, 3.8) is 0 Å². The quantitative estimate of drug-likeness (QED) is 0.646. The first-order valence-corrected chi connectivity index (χ1v) is 6.73. The van der Waals surface area contributed by atoms with Gasteiger partial charge in [0.05, 0.1) is 0 Å². The van der Waals surface area contributed by atoms with Crippen molar-refractivity contribution in [3.05, 3.63) is 29.8 Å². The SMILES string of the molecule is CC(C)C(CI)NCc1cccc(O)c1. The molecule has 3 heteroatoms. The van der Waals surface area contributed by atoms with Crippen LogP contribution >= 0.6 is 22.6 Å². The van der Waals surface area contributed by atoms with Gasteiger partial charge in [-0.25, -0.2) is 0 Å². The lowest BCUT2D eigenvalue weighted by atomic mass is 10.1. The van der Waals surface area contributed by atoms with Gasteiger partial charge >= 0.3 is 0 Å². The molecule has 0 fully saturated rings. The van der Waals surface area contributed by atoms with Gasteiger partial charge in [0.15, 0.2) is 0 Å². The zero-order chi connectivity index (χ0) is 11.3. The minimum atomic E-state index is 0.338. The summed E-state index contributed by atoms with van der Waals surface area (Å²) >= 11 is 2.40. The van der Waals surface area contributed by atoms with Crippen molar-refractivity contribution < 1.29 is 5.11 Å². The summed E-state index contributed by atoms with van der Waals surface area (Å²) in [6.07, 6.45) is 0. The van der Waals surface area contributed by atoms with Gasteiger partial charge < -0.3 is 10.4 Å². The molecule has 0 amide bonds. The van der Waals surface area contributed by atoms with E-state index < -0.39 is 0 Å². The van der Waals surface area contributed by atoms with E-state index in [1.807, 2.05) is 12.1 Å². The summed E-state index contributed by atoms with van der Waals surface area (Å²) < 4.78 is 1.11. The normalized spacial score (nSPS) is 13.1. The van der Waals surface area contributed by atoms with E-state index in [4.69, 9.17) is 0 Å². The van der Waals surface area contributed by atoms with Gasteiger partial charge in [0.2, 0.25) is 0 Å². The Balaban J connectivity index is 2.49. The summed E-state index contributed by atoms with van der Waals surface area (Å²) in [5.74, 6) is 0.976. The second kappa shape index (κ2) is 6.33. The van der Waals surface area contributed by atoms with E-state index in [1.165, 1.54) is 0 Å².